The minimum absolute atomic E-state index is 0.0572. The largest absolute Gasteiger partial charge is 0.494 e. The fraction of sp³-hybridized carbons (Fsp3) is 0.280. The maximum atomic E-state index is 11.8. The van der Waals surface area contributed by atoms with E-state index < -0.39 is 0 Å². The van der Waals surface area contributed by atoms with Gasteiger partial charge in [-0.05, 0) is 53.9 Å². The van der Waals surface area contributed by atoms with E-state index in [1.54, 1.807) is 18.0 Å². The Labute approximate surface area is 197 Å². The van der Waals surface area contributed by atoms with Gasteiger partial charge in [0.1, 0.15) is 11.3 Å². The molecule has 0 unspecified atom stereocenters. The number of benzene rings is 2. The summed E-state index contributed by atoms with van der Waals surface area (Å²) in [5.74, 6) is 1.26. The number of carbonyl (C=O) groups excluding carboxylic acids is 1. The number of ether oxygens (including phenoxy) is 1. The van der Waals surface area contributed by atoms with Crippen LogP contribution in [-0.2, 0) is 18.4 Å². The van der Waals surface area contributed by atoms with Crippen LogP contribution in [0.4, 0.5) is 11.6 Å². The average Bonchev–Trinajstić information content (AvgIpc) is 3.25. The Hall–Kier alpha value is -3.98. The van der Waals surface area contributed by atoms with E-state index in [2.05, 4.69) is 43.8 Å². The third kappa shape index (κ3) is 4.69. The van der Waals surface area contributed by atoms with Crippen LogP contribution in [0.15, 0.2) is 48.9 Å². The molecule has 0 radical (unpaired) electrons. The fourth-order valence-electron chi connectivity index (χ4n) is 4.28. The van der Waals surface area contributed by atoms with Gasteiger partial charge in [-0.25, -0.2) is 9.97 Å². The number of piperazine rings is 1. The van der Waals surface area contributed by atoms with Crippen molar-refractivity contribution in [2.24, 2.45) is 7.05 Å². The smallest absolute Gasteiger partial charge is 0.234 e. The first-order chi connectivity index (χ1) is 16.5. The second kappa shape index (κ2) is 9.11. The number of nitrogens with zero attached hydrogens (tertiary/aromatic N) is 5. The highest BCUT2D eigenvalue weighted by Gasteiger charge is 2.17. The zero-order valence-electron chi connectivity index (χ0n) is 19.5. The standard InChI is InChI=1S/C25H27N7O2/c1-16-6-19-11-27-25(30-24(19)22(7-16)34-3)29-21-9-17(13-32-5-4-26-23(33)15-32)8-18(10-21)20-12-28-31(2)14-20/h6-12,14H,4-5,13,15H2,1-3H3,(H,26,33)(H,27,29,30). The van der Waals surface area contributed by atoms with Crippen molar-refractivity contribution in [3.8, 4) is 16.9 Å². The first kappa shape index (κ1) is 21.8. The van der Waals surface area contributed by atoms with E-state index in [0.717, 1.165) is 45.4 Å². The summed E-state index contributed by atoms with van der Waals surface area (Å²) in [4.78, 5) is 23.2. The van der Waals surface area contributed by atoms with Crippen LogP contribution in [0, 0.1) is 6.92 Å². The van der Waals surface area contributed by atoms with E-state index >= 15 is 0 Å². The molecule has 0 aliphatic carbocycles. The van der Waals surface area contributed by atoms with E-state index in [4.69, 9.17) is 9.72 Å². The van der Waals surface area contributed by atoms with Crippen LogP contribution in [0.3, 0.4) is 0 Å². The number of methoxy groups -OCH3 is 1. The molecule has 1 saturated heterocycles. The number of hydrogen-bond acceptors (Lipinski definition) is 7. The Bertz CT molecular complexity index is 1360. The van der Waals surface area contributed by atoms with Crippen LogP contribution in [0.1, 0.15) is 11.1 Å². The van der Waals surface area contributed by atoms with Crippen LogP contribution in [-0.4, -0.2) is 57.3 Å². The molecule has 5 rings (SSSR count). The zero-order chi connectivity index (χ0) is 23.7. The highest BCUT2D eigenvalue weighted by molar-refractivity contribution is 5.86. The molecular weight excluding hydrogens is 430 g/mol. The number of aromatic nitrogens is 4. The summed E-state index contributed by atoms with van der Waals surface area (Å²) in [6.07, 6.45) is 5.63. The van der Waals surface area contributed by atoms with Crippen molar-refractivity contribution in [2.75, 3.05) is 32.1 Å². The molecule has 0 saturated carbocycles. The molecule has 2 N–H and O–H groups in total. The van der Waals surface area contributed by atoms with Gasteiger partial charge in [0, 0.05) is 55.7 Å². The summed E-state index contributed by atoms with van der Waals surface area (Å²) in [6.45, 7) is 4.57. The van der Waals surface area contributed by atoms with E-state index in [0.29, 0.717) is 31.3 Å². The van der Waals surface area contributed by atoms with Gasteiger partial charge in [0.15, 0.2) is 0 Å². The number of amides is 1. The van der Waals surface area contributed by atoms with Crippen LogP contribution in [0.2, 0.25) is 0 Å². The molecule has 3 heterocycles. The topological polar surface area (TPSA) is 97.2 Å². The molecule has 9 heteroatoms. The molecule has 0 atom stereocenters. The van der Waals surface area contributed by atoms with Crippen molar-refractivity contribution in [3.05, 3.63) is 60.0 Å². The van der Waals surface area contributed by atoms with Crippen molar-refractivity contribution in [1.29, 1.82) is 0 Å². The zero-order valence-corrected chi connectivity index (χ0v) is 19.5. The van der Waals surface area contributed by atoms with Gasteiger partial charge in [0.05, 0.1) is 19.9 Å². The fourth-order valence-corrected chi connectivity index (χ4v) is 4.28. The minimum atomic E-state index is 0.0572. The van der Waals surface area contributed by atoms with Gasteiger partial charge < -0.3 is 15.4 Å². The molecule has 1 amide bonds. The summed E-state index contributed by atoms with van der Waals surface area (Å²) in [6, 6.07) is 10.3. The number of aryl methyl sites for hydroxylation is 2. The molecule has 1 aliphatic heterocycles. The highest BCUT2D eigenvalue weighted by Crippen LogP contribution is 2.29. The lowest BCUT2D eigenvalue weighted by Crippen LogP contribution is -2.47. The molecule has 2 aromatic carbocycles. The molecule has 0 spiro atoms. The van der Waals surface area contributed by atoms with Crippen molar-refractivity contribution in [1.82, 2.24) is 30.0 Å². The van der Waals surface area contributed by atoms with E-state index in [-0.39, 0.29) is 5.91 Å². The quantitative estimate of drug-likeness (QED) is 0.459. The van der Waals surface area contributed by atoms with Gasteiger partial charge in [-0.15, -0.1) is 0 Å². The first-order valence-electron chi connectivity index (χ1n) is 11.2. The molecule has 4 aromatic rings. The summed E-state index contributed by atoms with van der Waals surface area (Å²) in [5.41, 5.74) is 5.85. The van der Waals surface area contributed by atoms with Crippen molar-refractivity contribution >= 4 is 28.4 Å². The predicted octanol–water partition coefficient (Wildman–Crippen LogP) is 3.02. The summed E-state index contributed by atoms with van der Waals surface area (Å²) < 4.78 is 7.32. The molecule has 2 aromatic heterocycles. The molecule has 0 bridgehead atoms. The Kier molecular flexibility index (Phi) is 5.85. The van der Waals surface area contributed by atoms with Crippen LogP contribution in [0.5, 0.6) is 5.75 Å². The Morgan fingerprint density at radius 1 is 1.15 bits per heavy atom. The lowest BCUT2D eigenvalue weighted by Gasteiger charge is -2.26. The van der Waals surface area contributed by atoms with Crippen LogP contribution < -0.4 is 15.4 Å². The molecular formula is C25H27N7O2. The first-order valence-corrected chi connectivity index (χ1v) is 11.2. The van der Waals surface area contributed by atoms with Gasteiger partial charge in [-0.3, -0.25) is 14.4 Å². The third-order valence-electron chi connectivity index (χ3n) is 5.82. The van der Waals surface area contributed by atoms with Gasteiger partial charge in [0.25, 0.3) is 0 Å². The second-order valence-electron chi connectivity index (χ2n) is 8.61. The minimum Gasteiger partial charge on any atom is -0.494 e. The monoisotopic (exact) mass is 457 g/mol. The Balaban J connectivity index is 1.49. The average molecular weight is 458 g/mol. The molecule has 34 heavy (non-hydrogen) atoms. The van der Waals surface area contributed by atoms with Crippen LogP contribution >= 0.6 is 0 Å². The van der Waals surface area contributed by atoms with Crippen LogP contribution in [0.25, 0.3) is 22.0 Å². The summed E-state index contributed by atoms with van der Waals surface area (Å²) in [7, 11) is 3.55. The Morgan fingerprint density at radius 2 is 2.03 bits per heavy atom. The predicted molar refractivity (Wildman–Crippen MR) is 131 cm³/mol. The van der Waals surface area contributed by atoms with Crippen molar-refractivity contribution in [2.45, 2.75) is 13.5 Å². The lowest BCUT2D eigenvalue weighted by atomic mass is 10.0. The number of anilines is 2. The number of fused-ring (bicyclic) bond motifs is 1. The SMILES string of the molecule is COc1cc(C)cc2cnc(Nc3cc(CN4CCNC(=O)C4)cc(-c4cnn(C)c4)c3)nc12. The maximum absolute atomic E-state index is 11.8. The summed E-state index contributed by atoms with van der Waals surface area (Å²) >= 11 is 0. The molecule has 1 aliphatic rings. The van der Waals surface area contributed by atoms with Gasteiger partial charge in [0.2, 0.25) is 11.9 Å². The molecule has 1 fully saturated rings. The lowest BCUT2D eigenvalue weighted by molar-refractivity contribution is -0.124. The number of hydrogen-bond donors (Lipinski definition) is 2. The number of nitrogens with one attached hydrogen (secondary N) is 2. The molecule has 9 nitrogen and oxygen atoms in total. The second-order valence-corrected chi connectivity index (χ2v) is 8.61. The third-order valence-corrected chi connectivity index (χ3v) is 5.82. The van der Waals surface area contributed by atoms with E-state index in [1.165, 1.54) is 0 Å². The number of rotatable bonds is 6. The molecule has 174 valence electrons. The van der Waals surface area contributed by atoms with E-state index in [1.807, 2.05) is 38.5 Å². The van der Waals surface area contributed by atoms with Gasteiger partial charge in [-0.1, -0.05) is 0 Å². The maximum Gasteiger partial charge on any atom is 0.234 e. The normalized spacial score (nSPS) is 14.3. The van der Waals surface area contributed by atoms with Gasteiger partial charge in [-0.2, -0.15) is 5.10 Å². The highest BCUT2D eigenvalue weighted by atomic mass is 16.5. The van der Waals surface area contributed by atoms with E-state index in [9.17, 15) is 4.79 Å². The Morgan fingerprint density at radius 3 is 2.79 bits per heavy atom. The van der Waals surface area contributed by atoms with Crippen molar-refractivity contribution in [3.63, 3.8) is 0 Å². The number of carbonyl (C=O) groups is 1. The van der Waals surface area contributed by atoms with Gasteiger partial charge >= 0.3 is 0 Å². The summed E-state index contributed by atoms with van der Waals surface area (Å²) in [5, 5.41) is 11.5. The van der Waals surface area contributed by atoms with Crippen molar-refractivity contribution < 1.29 is 9.53 Å².